The van der Waals surface area contributed by atoms with Crippen molar-refractivity contribution in [1.82, 2.24) is 20.2 Å². The molecule has 0 fully saturated rings. The molecule has 0 amide bonds. The maximum Gasteiger partial charge on any atom is 0.191 e. The molecule has 5 nitrogen and oxygen atoms in total. The van der Waals surface area contributed by atoms with Gasteiger partial charge in [0.2, 0.25) is 0 Å². The lowest BCUT2D eigenvalue weighted by molar-refractivity contribution is 0.665. The van der Waals surface area contributed by atoms with Crippen LogP contribution in [0.5, 0.6) is 0 Å². The van der Waals surface area contributed by atoms with Crippen LogP contribution in [0.1, 0.15) is 12.6 Å². The van der Waals surface area contributed by atoms with Crippen molar-refractivity contribution in [2.45, 2.75) is 20.0 Å². The Bertz CT molecular complexity index is 777. The SMILES string of the molecule is CCNC(=NCc1csc(-c2ccccc2)n1)NCCn1cccc1. The van der Waals surface area contributed by atoms with E-state index in [1.165, 1.54) is 0 Å². The van der Waals surface area contributed by atoms with Gasteiger partial charge in [-0.3, -0.25) is 0 Å². The maximum atomic E-state index is 4.69. The average Bonchev–Trinajstić information content (AvgIpc) is 3.32. The lowest BCUT2D eigenvalue weighted by atomic mass is 10.2. The van der Waals surface area contributed by atoms with Crippen molar-refractivity contribution in [3.63, 3.8) is 0 Å². The number of aromatic nitrogens is 2. The van der Waals surface area contributed by atoms with Crippen LogP contribution in [0, 0.1) is 0 Å². The lowest BCUT2D eigenvalue weighted by Gasteiger charge is -2.11. The summed E-state index contributed by atoms with van der Waals surface area (Å²) in [6.07, 6.45) is 4.12. The minimum absolute atomic E-state index is 0.572. The van der Waals surface area contributed by atoms with Gasteiger partial charge in [-0.1, -0.05) is 30.3 Å². The van der Waals surface area contributed by atoms with E-state index in [1.807, 2.05) is 30.3 Å². The van der Waals surface area contributed by atoms with Crippen LogP contribution in [0.2, 0.25) is 0 Å². The first-order chi connectivity index (χ1) is 12.3. The summed E-state index contributed by atoms with van der Waals surface area (Å²) in [6, 6.07) is 14.3. The lowest BCUT2D eigenvalue weighted by Crippen LogP contribution is -2.38. The highest BCUT2D eigenvalue weighted by Crippen LogP contribution is 2.23. The molecular formula is C19H23N5S. The Morgan fingerprint density at radius 3 is 2.68 bits per heavy atom. The fraction of sp³-hybridized carbons (Fsp3) is 0.263. The van der Waals surface area contributed by atoms with Crippen LogP contribution >= 0.6 is 11.3 Å². The molecule has 0 radical (unpaired) electrons. The third kappa shape index (κ3) is 5.19. The second-order valence-electron chi connectivity index (χ2n) is 5.55. The molecule has 1 aromatic carbocycles. The summed E-state index contributed by atoms with van der Waals surface area (Å²) in [7, 11) is 0. The van der Waals surface area contributed by atoms with Gasteiger partial charge in [-0.15, -0.1) is 11.3 Å². The van der Waals surface area contributed by atoms with Crippen molar-refractivity contribution in [1.29, 1.82) is 0 Å². The fourth-order valence-corrected chi connectivity index (χ4v) is 3.23. The molecule has 2 heterocycles. The van der Waals surface area contributed by atoms with Gasteiger partial charge in [0.1, 0.15) is 5.01 Å². The predicted octanol–water partition coefficient (Wildman–Crippen LogP) is 3.37. The first-order valence-corrected chi connectivity index (χ1v) is 9.36. The van der Waals surface area contributed by atoms with E-state index in [-0.39, 0.29) is 0 Å². The zero-order chi connectivity index (χ0) is 17.3. The molecule has 0 aliphatic carbocycles. The van der Waals surface area contributed by atoms with E-state index in [9.17, 15) is 0 Å². The molecule has 0 aliphatic rings. The first kappa shape index (κ1) is 17.2. The van der Waals surface area contributed by atoms with E-state index in [4.69, 9.17) is 0 Å². The highest BCUT2D eigenvalue weighted by molar-refractivity contribution is 7.13. The number of thiazole rings is 1. The molecular weight excluding hydrogens is 330 g/mol. The summed E-state index contributed by atoms with van der Waals surface area (Å²) < 4.78 is 2.14. The maximum absolute atomic E-state index is 4.69. The highest BCUT2D eigenvalue weighted by atomic mass is 32.1. The number of benzene rings is 1. The Balaban J connectivity index is 1.56. The summed E-state index contributed by atoms with van der Waals surface area (Å²) >= 11 is 1.66. The predicted molar refractivity (Wildman–Crippen MR) is 105 cm³/mol. The standard InChI is InChI=1S/C19H23N5S/c1-2-20-19(21-10-13-24-11-6-7-12-24)22-14-17-15-25-18(23-17)16-8-4-3-5-9-16/h3-9,11-12,15H,2,10,13-14H2,1H3,(H2,20,21,22). The third-order valence-electron chi connectivity index (χ3n) is 3.64. The van der Waals surface area contributed by atoms with Gasteiger partial charge in [0.25, 0.3) is 0 Å². The number of nitrogens with one attached hydrogen (secondary N) is 2. The quantitative estimate of drug-likeness (QED) is 0.506. The van der Waals surface area contributed by atoms with Gasteiger partial charge >= 0.3 is 0 Å². The molecule has 2 N–H and O–H groups in total. The van der Waals surface area contributed by atoms with Gasteiger partial charge in [-0.05, 0) is 19.1 Å². The van der Waals surface area contributed by atoms with Crippen LogP contribution in [-0.2, 0) is 13.1 Å². The van der Waals surface area contributed by atoms with Crippen molar-refractivity contribution in [3.05, 3.63) is 65.9 Å². The van der Waals surface area contributed by atoms with Crippen molar-refractivity contribution in [3.8, 4) is 10.6 Å². The largest absolute Gasteiger partial charge is 0.357 e. The van der Waals surface area contributed by atoms with Crippen molar-refractivity contribution >= 4 is 17.3 Å². The molecule has 0 aliphatic heterocycles. The third-order valence-corrected chi connectivity index (χ3v) is 4.58. The number of aliphatic imine (C=N–C) groups is 1. The van der Waals surface area contributed by atoms with E-state index >= 15 is 0 Å². The van der Waals surface area contributed by atoms with Crippen LogP contribution in [0.25, 0.3) is 10.6 Å². The van der Waals surface area contributed by atoms with Crippen molar-refractivity contribution in [2.24, 2.45) is 4.99 Å². The van der Waals surface area contributed by atoms with E-state index in [2.05, 4.69) is 62.0 Å². The number of hydrogen-bond donors (Lipinski definition) is 2. The summed E-state index contributed by atoms with van der Waals surface area (Å²) in [4.78, 5) is 9.32. The van der Waals surface area contributed by atoms with E-state index in [1.54, 1.807) is 11.3 Å². The Hall–Kier alpha value is -2.60. The van der Waals surface area contributed by atoms with Crippen LogP contribution in [-0.4, -0.2) is 28.6 Å². The Morgan fingerprint density at radius 2 is 1.92 bits per heavy atom. The van der Waals surface area contributed by atoms with Gasteiger partial charge in [0.15, 0.2) is 5.96 Å². The number of guanidine groups is 1. The van der Waals surface area contributed by atoms with E-state index in [0.717, 1.165) is 41.9 Å². The summed E-state index contributed by atoms with van der Waals surface area (Å²) in [5, 5.41) is 9.75. The summed E-state index contributed by atoms with van der Waals surface area (Å²) in [6.45, 7) is 5.21. The molecule has 0 unspecified atom stereocenters. The van der Waals surface area contributed by atoms with Gasteiger partial charge in [0.05, 0.1) is 12.2 Å². The molecule has 2 aromatic heterocycles. The van der Waals surface area contributed by atoms with Crippen LogP contribution < -0.4 is 10.6 Å². The van der Waals surface area contributed by atoms with E-state index < -0.39 is 0 Å². The van der Waals surface area contributed by atoms with E-state index in [0.29, 0.717) is 6.54 Å². The number of nitrogens with zero attached hydrogens (tertiary/aromatic N) is 3. The Labute approximate surface area is 152 Å². The van der Waals surface area contributed by atoms with Gasteiger partial charge < -0.3 is 15.2 Å². The minimum Gasteiger partial charge on any atom is -0.357 e. The van der Waals surface area contributed by atoms with Crippen LogP contribution in [0.3, 0.4) is 0 Å². The van der Waals surface area contributed by atoms with Gasteiger partial charge in [0, 0.05) is 43.0 Å². The molecule has 0 saturated carbocycles. The molecule has 130 valence electrons. The Morgan fingerprint density at radius 1 is 1.12 bits per heavy atom. The number of rotatable bonds is 7. The fourth-order valence-electron chi connectivity index (χ4n) is 2.42. The highest BCUT2D eigenvalue weighted by Gasteiger charge is 2.04. The summed E-state index contributed by atoms with van der Waals surface area (Å²) in [5.74, 6) is 0.823. The monoisotopic (exact) mass is 353 g/mol. The second kappa shape index (κ2) is 9.03. The molecule has 0 spiro atoms. The first-order valence-electron chi connectivity index (χ1n) is 8.48. The Kier molecular flexibility index (Phi) is 6.23. The van der Waals surface area contributed by atoms with Gasteiger partial charge in [-0.25, -0.2) is 9.98 Å². The molecule has 6 heteroatoms. The smallest absolute Gasteiger partial charge is 0.191 e. The van der Waals surface area contributed by atoms with Gasteiger partial charge in [-0.2, -0.15) is 0 Å². The molecule has 0 atom stereocenters. The van der Waals surface area contributed by atoms with Crippen molar-refractivity contribution in [2.75, 3.05) is 13.1 Å². The molecule has 0 bridgehead atoms. The molecule has 3 rings (SSSR count). The molecule has 25 heavy (non-hydrogen) atoms. The van der Waals surface area contributed by atoms with Crippen LogP contribution in [0.15, 0.2) is 65.2 Å². The van der Waals surface area contributed by atoms with Crippen LogP contribution in [0.4, 0.5) is 0 Å². The molecule has 0 saturated heterocycles. The summed E-state index contributed by atoms with van der Waals surface area (Å²) in [5.41, 5.74) is 2.14. The van der Waals surface area contributed by atoms with Crippen molar-refractivity contribution < 1.29 is 0 Å². The zero-order valence-corrected chi connectivity index (χ0v) is 15.2. The topological polar surface area (TPSA) is 54.2 Å². The minimum atomic E-state index is 0.572. The average molecular weight is 353 g/mol. The zero-order valence-electron chi connectivity index (χ0n) is 14.4. The number of hydrogen-bond acceptors (Lipinski definition) is 3. The second-order valence-corrected chi connectivity index (χ2v) is 6.41. The molecule has 3 aromatic rings. The normalized spacial score (nSPS) is 11.5.